The summed E-state index contributed by atoms with van der Waals surface area (Å²) in [6.45, 7) is 0.488. The molecular formula is C15H14N6O2. The molecule has 8 heteroatoms. The summed E-state index contributed by atoms with van der Waals surface area (Å²) in [4.78, 5) is 38.5. The fourth-order valence-corrected chi connectivity index (χ4v) is 2.20. The Kier molecular flexibility index (Phi) is 3.71. The number of aldehydes is 1. The number of nitrogens with two attached hydrogens (primary N) is 1. The number of carbonyl (C=O) groups is 1. The van der Waals surface area contributed by atoms with Gasteiger partial charge in [0.1, 0.15) is 17.6 Å². The smallest absolute Gasteiger partial charge is 0.348 e. The zero-order chi connectivity index (χ0) is 16.4. The predicted octanol–water partition coefficient (Wildman–Crippen LogP) is 0.744. The summed E-state index contributed by atoms with van der Waals surface area (Å²) in [5.74, 6) is 0.146. The van der Waals surface area contributed by atoms with Gasteiger partial charge in [0.15, 0.2) is 5.65 Å². The summed E-state index contributed by atoms with van der Waals surface area (Å²) in [5, 5.41) is 0. The van der Waals surface area contributed by atoms with Crippen LogP contribution in [0.1, 0.15) is 16.1 Å². The van der Waals surface area contributed by atoms with Gasteiger partial charge in [-0.2, -0.15) is 4.98 Å². The lowest BCUT2D eigenvalue weighted by atomic mass is 10.2. The third kappa shape index (κ3) is 3.00. The second-order valence-electron chi connectivity index (χ2n) is 5.05. The van der Waals surface area contributed by atoms with E-state index in [1.54, 1.807) is 18.3 Å². The van der Waals surface area contributed by atoms with E-state index in [9.17, 15) is 9.59 Å². The van der Waals surface area contributed by atoms with E-state index in [2.05, 4.69) is 19.9 Å². The number of aromatic amines is 1. The van der Waals surface area contributed by atoms with Gasteiger partial charge in [-0.1, -0.05) is 0 Å². The standard InChI is InChI=1S/C15H14N6O2/c1-21(11-4-2-9(8-22)3-5-11)7-10-6-17-14-12(18-10)13(16)19-15(23)20-14/h2-6,8H,7H2,1H3,(H3,16,17,19,20,23). The third-order valence-corrected chi connectivity index (χ3v) is 3.38. The van der Waals surface area contributed by atoms with Crippen molar-refractivity contribution in [1.82, 2.24) is 19.9 Å². The minimum absolute atomic E-state index is 0.146. The number of anilines is 2. The third-order valence-electron chi connectivity index (χ3n) is 3.38. The molecular weight excluding hydrogens is 296 g/mol. The van der Waals surface area contributed by atoms with Gasteiger partial charge in [-0.3, -0.25) is 9.78 Å². The Balaban J connectivity index is 1.88. The van der Waals surface area contributed by atoms with Crippen LogP contribution in [0.3, 0.4) is 0 Å². The molecule has 0 saturated carbocycles. The minimum atomic E-state index is -0.551. The molecule has 0 atom stereocenters. The van der Waals surface area contributed by atoms with Gasteiger partial charge in [0.25, 0.3) is 0 Å². The van der Waals surface area contributed by atoms with Crippen LogP contribution in [0.2, 0.25) is 0 Å². The second kappa shape index (κ2) is 5.84. The molecule has 3 rings (SSSR count). The number of hydrogen-bond acceptors (Lipinski definition) is 7. The van der Waals surface area contributed by atoms with Crippen molar-refractivity contribution in [2.24, 2.45) is 0 Å². The maximum absolute atomic E-state index is 11.3. The van der Waals surface area contributed by atoms with E-state index < -0.39 is 5.69 Å². The summed E-state index contributed by atoms with van der Waals surface area (Å²) in [5.41, 5.74) is 8.02. The summed E-state index contributed by atoms with van der Waals surface area (Å²) < 4.78 is 0. The number of fused-ring (bicyclic) bond motifs is 1. The maximum atomic E-state index is 11.3. The van der Waals surface area contributed by atoms with Gasteiger partial charge in [-0.25, -0.2) is 14.8 Å². The van der Waals surface area contributed by atoms with Gasteiger partial charge in [0.2, 0.25) is 0 Å². The lowest BCUT2D eigenvalue weighted by Crippen LogP contribution is -2.19. The first-order valence-corrected chi connectivity index (χ1v) is 6.84. The van der Waals surface area contributed by atoms with Crippen molar-refractivity contribution >= 4 is 29.0 Å². The molecule has 0 amide bonds. The van der Waals surface area contributed by atoms with Crippen LogP contribution in [0.15, 0.2) is 35.3 Å². The zero-order valence-corrected chi connectivity index (χ0v) is 12.4. The van der Waals surface area contributed by atoms with E-state index in [0.29, 0.717) is 23.3 Å². The number of aromatic nitrogens is 4. The first-order chi connectivity index (χ1) is 11.1. The number of nitrogen functional groups attached to an aromatic ring is 1. The highest BCUT2D eigenvalue weighted by Crippen LogP contribution is 2.16. The van der Waals surface area contributed by atoms with Gasteiger partial charge < -0.3 is 10.6 Å². The molecule has 0 saturated heterocycles. The van der Waals surface area contributed by atoms with Crippen LogP contribution >= 0.6 is 0 Å². The average molecular weight is 310 g/mol. The second-order valence-corrected chi connectivity index (χ2v) is 5.05. The van der Waals surface area contributed by atoms with Gasteiger partial charge >= 0.3 is 5.69 Å². The van der Waals surface area contributed by atoms with Crippen LogP contribution in [0, 0.1) is 0 Å². The molecule has 0 bridgehead atoms. The summed E-state index contributed by atoms with van der Waals surface area (Å²) in [6, 6.07) is 7.20. The summed E-state index contributed by atoms with van der Waals surface area (Å²) in [7, 11) is 1.90. The van der Waals surface area contributed by atoms with Crippen molar-refractivity contribution in [2.75, 3.05) is 17.7 Å². The number of benzene rings is 1. The highest BCUT2D eigenvalue weighted by Gasteiger charge is 2.09. The van der Waals surface area contributed by atoms with E-state index in [1.807, 2.05) is 24.1 Å². The number of H-pyrrole nitrogens is 1. The SMILES string of the molecule is CN(Cc1cnc2nc(=O)[nH]c(N)c2n1)c1ccc(C=O)cc1. The molecule has 0 fully saturated rings. The normalized spacial score (nSPS) is 10.7. The minimum Gasteiger partial charge on any atom is -0.383 e. The van der Waals surface area contributed by atoms with E-state index in [0.717, 1.165) is 12.0 Å². The number of hydrogen-bond donors (Lipinski definition) is 2. The number of rotatable bonds is 4. The lowest BCUT2D eigenvalue weighted by Gasteiger charge is -2.18. The highest BCUT2D eigenvalue weighted by molar-refractivity contribution is 5.80. The Bertz CT molecular complexity index is 919. The monoisotopic (exact) mass is 310 g/mol. The summed E-state index contributed by atoms with van der Waals surface area (Å²) >= 11 is 0. The molecule has 116 valence electrons. The number of nitrogens with one attached hydrogen (secondary N) is 1. The van der Waals surface area contributed by atoms with Gasteiger partial charge in [-0.05, 0) is 24.3 Å². The molecule has 8 nitrogen and oxygen atoms in total. The van der Waals surface area contributed by atoms with Gasteiger partial charge in [-0.15, -0.1) is 0 Å². The maximum Gasteiger partial charge on any atom is 0.348 e. The van der Waals surface area contributed by atoms with Crippen LogP contribution in [0.5, 0.6) is 0 Å². The average Bonchev–Trinajstić information content (AvgIpc) is 2.55. The molecule has 2 aromatic heterocycles. The van der Waals surface area contributed by atoms with Gasteiger partial charge in [0.05, 0.1) is 18.4 Å². The number of carbonyl (C=O) groups excluding carboxylic acids is 1. The Morgan fingerprint density at radius 3 is 2.70 bits per heavy atom. The van der Waals surface area contributed by atoms with E-state index >= 15 is 0 Å². The molecule has 2 heterocycles. The number of nitrogens with zero attached hydrogens (tertiary/aromatic N) is 4. The van der Waals surface area contributed by atoms with E-state index in [-0.39, 0.29) is 11.5 Å². The molecule has 0 spiro atoms. The first-order valence-electron chi connectivity index (χ1n) is 6.84. The fraction of sp³-hybridized carbons (Fsp3) is 0.133. The highest BCUT2D eigenvalue weighted by atomic mass is 16.1. The van der Waals surface area contributed by atoms with Crippen molar-refractivity contribution in [2.45, 2.75) is 6.54 Å². The zero-order valence-electron chi connectivity index (χ0n) is 12.4. The summed E-state index contributed by atoms with van der Waals surface area (Å²) in [6.07, 6.45) is 2.36. The van der Waals surface area contributed by atoms with Crippen molar-refractivity contribution in [3.63, 3.8) is 0 Å². The van der Waals surface area contributed by atoms with Gasteiger partial charge in [0, 0.05) is 18.3 Å². The van der Waals surface area contributed by atoms with Crippen molar-refractivity contribution < 1.29 is 4.79 Å². The molecule has 3 N–H and O–H groups in total. The first kappa shape index (κ1) is 14.6. The largest absolute Gasteiger partial charge is 0.383 e. The molecule has 3 aromatic rings. The van der Waals surface area contributed by atoms with Crippen molar-refractivity contribution in [3.8, 4) is 0 Å². The van der Waals surface area contributed by atoms with Crippen LogP contribution in [0.25, 0.3) is 11.2 Å². The van der Waals surface area contributed by atoms with Crippen molar-refractivity contribution in [3.05, 3.63) is 52.2 Å². The van der Waals surface area contributed by atoms with E-state index in [4.69, 9.17) is 5.73 Å². The molecule has 0 radical (unpaired) electrons. The van der Waals surface area contributed by atoms with Crippen molar-refractivity contribution in [1.29, 1.82) is 0 Å². The quantitative estimate of drug-likeness (QED) is 0.682. The molecule has 0 aliphatic rings. The molecule has 1 aromatic carbocycles. The molecule has 0 unspecified atom stereocenters. The molecule has 0 aliphatic heterocycles. The Morgan fingerprint density at radius 2 is 2.00 bits per heavy atom. The fourth-order valence-electron chi connectivity index (χ4n) is 2.20. The molecule has 23 heavy (non-hydrogen) atoms. The Morgan fingerprint density at radius 1 is 1.26 bits per heavy atom. The van der Waals surface area contributed by atoms with Crippen LogP contribution in [-0.2, 0) is 6.54 Å². The lowest BCUT2D eigenvalue weighted by molar-refractivity contribution is 0.112. The Labute approximate surface area is 131 Å². The predicted molar refractivity (Wildman–Crippen MR) is 86.3 cm³/mol. The van der Waals surface area contributed by atoms with Crippen LogP contribution in [0.4, 0.5) is 11.5 Å². The van der Waals surface area contributed by atoms with Crippen LogP contribution < -0.4 is 16.3 Å². The Hall–Kier alpha value is -3.29. The van der Waals surface area contributed by atoms with E-state index in [1.165, 1.54) is 0 Å². The molecule has 0 aliphatic carbocycles. The topological polar surface area (TPSA) is 118 Å². The van der Waals surface area contributed by atoms with Crippen LogP contribution in [-0.4, -0.2) is 33.3 Å².